The first-order valence-corrected chi connectivity index (χ1v) is 6.26. The van der Waals surface area contributed by atoms with Crippen LogP contribution in [0.4, 0.5) is 10.1 Å². The van der Waals surface area contributed by atoms with Crippen molar-refractivity contribution < 1.29 is 13.9 Å². The van der Waals surface area contributed by atoms with Crippen LogP contribution >= 0.6 is 0 Å². The Kier molecular flexibility index (Phi) is 4.03. The number of benzene rings is 2. The van der Waals surface area contributed by atoms with E-state index in [2.05, 4.69) is 0 Å². The van der Waals surface area contributed by atoms with Crippen LogP contribution in [0.15, 0.2) is 36.4 Å². The highest BCUT2D eigenvalue weighted by atomic mass is 19.1. The van der Waals surface area contributed by atoms with E-state index in [0.29, 0.717) is 0 Å². The predicted octanol–water partition coefficient (Wildman–Crippen LogP) is 3.38. The molecule has 3 nitrogen and oxygen atoms in total. The van der Waals surface area contributed by atoms with Crippen LogP contribution in [-0.4, -0.2) is 5.97 Å². The number of esters is 1. The topological polar surface area (TPSA) is 52.3 Å². The highest BCUT2D eigenvalue weighted by Crippen LogP contribution is 2.17. The summed E-state index contributed by atoms with van der Waals surface area (Å²) < 4.78 is 18.3. The van der Waals surface area contributed by atoms with Crippen LogP contribution in [-0.2, 0) is 11.3 Å². The van der Waals surface area contributed by atoms with Crippen LogP contribution in [0.5, 0.6) is 0 Å². The van der Waals surface area contributed by atoms with E-state index in [1.807, 2.05) is 32.0 Å². The highest BCUT2D eigenvalue weighted by Gasteiger charge is 2.11. The lowest BCUT2D eigenvalue weighted by Gasteiger charge is -2.10. The molecule has 0 aliphatic heterocycles. The first-order chi connectivity index (χ1) is 9.49. The molecule has 4 heteroatoms. The molecule has 0 aromatic heterocycles. The van der Waals surface area contributed by atoms with Crippen molar-refractivity contribution in [2.45, 2.75) is 20.5 Å². The summed E-state index contributed by atoms with van der Waals surface area (Å²) in [6.07, 6.45) is 0. The zero-order chi connectivity index (χ0) is 14.7. The maximum absolute atomic E-state index is 13.0. The van der Waals surface area contributed by atoms with Crippen LogP contribution in [0, 0.1) is 19.7 Å². The van der Waals surface area contributed by atoms with E-state index >= 15 is 0 Å². The second kappa shape index (κ2) is 5.74. The molecule has 2 aromatic rings. The molecular formula is C16H16FNO2. The molecule has 0 unspecified atom stereocenters. The molecule has 0 radical (unpaired) electrons. The number of carbonyl (C=O) groups excluding carboxylic acids is 1. The first-order valence-electron chi connectivity index (χ1n) is 6.26. The lowest BCUT2D eigenvalue weighted by Crippen LogP contribution is -2.08. The molecule has 0 saturated heterocycles. The molecule has 2 rings (SSSR count). The van der Waals surface area contributed by atoms with E-state index in [0.717, 1.165) is 22.8 Å². The standard InChI is InChI=1S/C16H16FNO2/c1-10-4-3-5-11(2)13(10)9-20-16(19)12-6-7-14(17)15(18)8-12/h3-8H,9,18H2,1-2H3. The van der Waals surface area contributed by atoms with E-state index in [-0.39, 0.29) is 17.9 Å². The van der Waals surface area contributed by atoms with Gasteiger partial charge in [-0.1, -0.05) is 18.2 Å². The Balaban J connectivity index is 2.11. The van der Waals surface area contributed by atoms with Crippen LogP contribution in [0.25, 0.3) is 0 Å². The molecule has 0 fully saturated rings. The van der Waals surface area contributed by atoms with Gasteiger partial charge in [0.05, 0.1) is 11.3 Å². The Morgan fingerprint density at radius 1 is 1.20 bits per heavy atom. The third-order valence-electron chi connectivity index (χ3n) is 3.22. The van der Waals surface area contributed by atoms with Gasteiger partial charge in [-0.2, -0.15) is 0 Å². The summed E-state index contributed by atoms with van der Waals surface area (Å²) in [4.78, 5) is 11.9. The summed E-state index contributed by atoms with van der Waals surface area (Å²) in [7, 11) is 0. The van der Waals surface area contributed by atoms with Gasteiger partial charge < -0.3 is 10.5 Å². The molecule has 0 saturated carbocycles. The van der Waals surface area contributed by atoms with Crippen molar-refractivity contribution in [2.75, 3.05) is 5.73 Å². The van der Waals surface area contributed by atoms with Crippen LogP contribution in [0.2, 0.25) is 0 Å². The third-order valence-corrected chi connectivity index (χ3v) is 3.22. The Morgan fingerprint density at radius 3 is 2.45 bits per heavy atom. The van der Waals surface area contributed by atoms with Gasteiger partial charge in [0.2, 0.25) is 0 Å². The Bertz CT molecular complexity index is 633. The van der Waals surface area contributed by atoms with Gasteiger partial charge in [-0.3, -0.25) is 0 Å². The summed E-state index contributed by atoms with van der Waals surface area (Å²) in [5.74, 6) is -1.06. The summed E-state index contributed by atoms with van der Waals surface area (Å²) in [5, 5.41) is 0. The molecule has 0 aliphatic rings. The number of halogens is 1. The largest absolute Gasteiger partial charge is 0.457 e. The summed E-state index contributed by atoms with van der Waals surface area (Å²) in [6.45, 7) is 4.12. The molecule has 0 spiro atoms. The number of aryl methyl sites for hydroxylation is 2. The summed E-state index contributed by atoms with van der Waals surface area (Å²) >= 11 is 0. The molecule has 0 atom stereocenters. The average Bonchev–Trinajstić information content (AvgIpc) is 2.41. The average molecular weight is 273 g/mol. The van der Waals surface area contributed by atoms with Gasteiger partial charge in [0, 0.05) is 0 Å². The number of nitrogens with two attached hydrogens (primary N) is 1. The van der Waals surface area contributed by atoms with Crippen molar-refractivity contribution in [1.82, 2.24) is 0 Å². The Labute approximate surface area is 117 Å². The molecule has 0 heterocycles. The molecule has 104 valence electrons. The van der Waals surface area contributed by atoms with Gasteiger partial charge in [-0.15, -0.1) is 0 Å². The van der Waals surface area contributed by atoms with Gasteiger partial charge >= 0.3 is 5.97 Å². The number of hydrogen-bond acceptors (Lipinski definition) is 3. The number of carbonyl (C=O) groups is 1. The fourth-order valence-corrected chi connectivity index (χ4v) is 1.97. The van der Waals surface area contributed by atoms with Crippen molar-refractivity contribution in [2.24, 2.45) is 0 Å². The smallest absolute Gasteiger partial charge is 0.338 e. The zero-order valence-corrected chi connectivity index (χ0v) is 11.4. The zero-order valence-electron chi connectivity index (χ0n) is 11.4. The second-order valence-electron chi connectivity index (χ2n) is 4.68. The molecular weight excluding hydrogens is 257 g/mol. The molecule has 2 N–H and O–H groups in total. The first kappa shape index (κ1) is 14.1. The maximum Gasteiger partial charge on any atom is 0.338 e. The lowest BCUT2D eigenvalue weighted by molar-refractivity contribution is 0.0471. The van der Waals surface area contributed by atoms with Gasteiger partial charge in [0.15, 0.2) is 0 Å². The van der Waals surface area contributed by atoms with Gasteiger partial charge in [-0.25, -0.2) is 9.18 Å². The second-order valence-corrected chi connectivity index (χ2v) is 4.68. The van der Waals surface area contributed by atoms with E-state index in [4.69, 9.17) is 10.5 Å². The predicted molar refractivity (Wildman–Crippen MR) is 75.8 cm³/mol. The fraction of sp³-hybridized carbons (Fsp3) is 0.188. The number of ether oxygens (including phenoxy) is 1. The number of anilines is 1. The maximum atomic E-state index is 13.0. The van der Waals surface area contributed by atoms with E-state index in [1.165, 1.54) is 12.1 Å². The molecule has 0 aliphatic carbocycles. The van der Waals surface area contributed by atoms with Crippen LogP contribution < -0.4 is 5.73 Å². The minimum absolute atomic E-state index is 0.0634. The van der Waals surface area contributed by atoms with Crippen molar-refractivity contribution in [3.63, 3.8) is 0 Å². The SMILES string of the molecule is Cc1cccc(C)c1COC(=O)c1ccc(F)c(N)c1. The van der Waals surface area contributed by atoms with Gasteiger partial charge in [-0.05, 0) is 48.7 Å². The normalized spacial score (nSPS) is 10.3. The van der Waals surface area contributed by atoms with Crippen molar-refractivity contribution in [1.29, 1.82) is 0 Å². The third kappa shape index (κ3) is 2.96. The lowest BCUT2D eigenvalue weighted by atomic mass is 10.0. The number of hydrogen-bond donors (Lipinski definition) is 1. The molecule has 2 aromatic carbocycles. The van der Waals surface area contributed by atoms with Gasteiger partial charge in [0.1, 0.15) is 12.4 Å². The Morgan fingerprint density at radius 2 is 1.85 bits per heavy atom. The monoisotopic (exact) mass is 273 g/mol. The summed E-state index contributed by atoms with van der Waals surface area (Å²) in [6, 6.07) is 9.68. The van der Waals surface area contributed by atoms with Crippen molar-refractivity contribution in [3.8, 4) is 0 Å². The quantitative estimate of drug-likeness (QED) is 0.689. The molecule has 0 amide bonds. The van der Waals surface area contributed by atoms with Crippen molar-refractivity contribution >= 4 is 11.7 Å². The van der Waals surface area contributed by atoms with Crippen LogP contribution in [0.3, 0.4) is 0 Å². The fourth-order valence-electron chi connectivity index (χ4n) is 1.97. The van der Waals surface area contributed by atoms with Crippen LogP contribution in [0.1, 0.15) is 27.0 Å². The number of rotatable bonds is 3. The summed E-state index contributed by atoms with van der Waals surface area (Å²) in [5.41, 5.74) is 8.73. The minimum Gasteiger partial charge on any atom is -0.457 e. The molecule has 20 heavy (non-hydrogen) atoms. The highest BCUT2D eigenvalue weighted by molar-refractivity contribution is 5.90. The Hall–Kier alpha value is -2.36. The minimum atomic E-state index is -0.545. The van der Waals surface area contributed by atoms with Gasteiger partial charge in [0.25, 0.3) is 0 Å². The number of nitrogen functional groups attached to an aromatic ring is 1. The van der Waals surface area contributed by atoms with E-state index in [9.17, 15) is 9.18 Å². The van der Waals surface area contributed by atoms with Crippen molar-refractivity contribution in [3.05, 3.63) is 64.5 Å². The van der Waals surface area contributed by atoms with E-state index in [1.54, 1.807) is 0 Å². The van der Waals surface area contributed by atoms with E-state index < -0.39 is 11.8 Å². The molecule has 0 bridgehead atoms.